The first kappa shape index (κ1) is 84.6. The molecule has 0 bridgehead atoms. The van der Waals surface area contributed by atoms with Gasteiger partial charge in [0, 0.05) is 77.3 Å². The Hall–Kier alpha value is -1.38. The second-order valence-electron chi connectivity index (χ2n) is 28.1. The maximum atomic E-state index is 13.0. The molecule has 0 aromatic heterocycles. The van der Waals surface area contributed by atoms with Crippen LogP contribution in [0.2, 0.25) is 0 Å². The van der Waals surface area contributed by atoms with Gasteiger partial charge in [-0.05, 0) is 78.3 Å². The summed E-state index contributed by atoms with van der Waals surface area (Å²) in [7, 11) is 0. The number of rotatable bonds is 68. The quantitative estimate of drug-likeness (QED) is 0.0340. The first-order chi connectivity index (χ1) is 42.9. The predicted octanol–water partition coefficient (Wildman–Crippen LogP) is 18.1. The molecule has 4 N–H and O–H groups in total. The van der Waals surface area contributed by atoms with Crippen molar-refractivity contribution in [2.75, 3.05) is 78.7 Å². The number of aliphatic hydroxyl groups is 4. The van der Waals surface area contributed by atoms with E-state index in [0.29, 0.717) is 65.3 Å². The van der Waals surface area contributed by atoms with Crippen LogP contribution in [0.15, 0.2) is 0 Å². The highest BCUT2D eigenvalue weighted by Crippen LogP contribution is 2.20. The van der Waals surface area contributed by atoms with Crippen molar-refractivity contribution in [3.63, 3.8) is 0 Å². The third-order valence-corrected chi connectivity index (χ3v) is 19.2. The van der Waals surface area contributed by atoms with Gasteiger partial charge in [0.25, 0.3) is 0 Å². The van der Waals surface area contributed by atoms with E-state index in [4.69, 9.17) is 9.47 Å². The molecule has 0 aliphatic carbocycles. The van der Waals surface area contributed by atoms with Crippen LogP contribution in [-0.2, 0) is 19.1 Å². The first-order valence-corrected chi connectivity index (χ1v) is 38.9. The van der Waals surface area contributed by atoms with Crippen LogP contribution in [-0.4, -0.2) is 167 Å². The van der Waals surface area contributed by atoms with Crippen molar-refractivity contribution in [1.29, 1.82) is 0 Å². The van der Waals surface area contributed by atoms with Crippen molar-refractivity contribution in [2.45, 2.75) is 399 Å². The van der Waals surface area contributed by atoms with Crippen LogP contribution in [0.3, 0.4) is 0 Å². The van der Waals surface area contributed by atoms with Gasteiger partial charge in [0.05, 0.1) is 24.4 Å². The molecule has 1 saturated heterocycles. The maximum Gasteiger partial charge on any atom is 0.305 e. The van der Waals surface area contributed by atoms with E-state index < -0.39 is 24.4 Å². The summed E-state index contributed by atoms with van der Waals surface area (Å²) in [5.74, 6) is -0.316. The summed E-state index contributed by atoms with van der Waals surface area (Å²) in [6.45, 7) is 21.2. The van der Waals surface area contributed by atoms with Crippen molar-refractivity contribution in [2.24, 2.45) is 0 Å². The molecular formula is C76H152N4O8. The van der Waals surface area contributed by atoms with E-state index in [-0.39, 0.29) is 24.0 Å². The smallest absolute Gasteiger partial charge is 0.305 e. The molecule has 0 radical (unpaired) electrons. The highest BCUT2D eigenvalue weighted by atomic mass is 16.5. The van der Waals surface area contributed by atoms with E-state index in [1.54, 1.807) is 0 Å². The molecule has 12 heteroatoms. The number of piperazine rings is 1. The van der Waals surface area contributed by atoms with Gasteiger partial charge >= 0.3 is 11.9 Å². The van der Waals surface area contributed by atoms with Gasteiger partial charge in [0.2, 0.25) is 0 Å². The summed E-state index contributed by atoms with van der Waals surface area (Å²) in [5, 5.41) is 44.5. The molecule has 1 aliphatic heterocycles. The Morgan fingerprint density at radius 1 is 0.341 bits per heavy atom. The van der Waals surface area contributed by atoms with Crippen molar-refractivity contribution in [3.8, 4) is 0 Å². The number of hydrogen-bond donors (Lipinski definition) is 4. The Kier molecular flexibility index (Phi) is 60.6. The lowest BCUT2D eigenvalue weighted by Crippen LogP contribution is -2.57. The maximum absolute atomic E-state index is 13.0. The Balaban J connectivity index is 2.48. The van der Waals surface area contributed by atoms with E-state index in [9.17, 15) is 30.0 Å². The minimum Gasteiger partial charge on any atom is -0.464 e. The van der Waals surface area contributed by atoms with Crippen LogP contribution in [0.1, 0.15) is 363 Å². The van der Waals surface area contributed by atoms with Crippen molar-refractivity contribution in [1.82, 2.24) is 19.6 Å². The lowest BCUT2D eigenvalue weighted by atomic mass is 10.0. The zero-order valence-corrected chi connectivity index (χ0v) is 59.5. The van der Waals surface area contributed by atoms with Crippen molar-refractivity contribution < 1.29 is 39.5 Å². The van der Waals surface area contributed by atoms with E-state index in [0.717, 1.165) is 103 Å². The zero-order valence-electron chi connectivity index (χ0n) is 59.5. The number of carbonyl (C=O) groups excluding carboxylic acids is 2. The van der Waals surface area contributed by atoms with Gasteiger partial charge in [-0.25, -0.2) is 0 Å². The minimum absolute atomic E-state index is 0.158. The van der Waals surface area contributed by atoms with Crippen LogP contribution < -0.4 is 0 Å². The average Bonchev–Trinajstić information content (AvgIpc) is 2.40. The fourth-order valence-corrected chi connectivity index (χ4v) is 13.3. The fraction of sp³-hybridized carbons (Fsp3) is 0.974. The minimum atomic E-state index is -0.399. The van der Waals surface area contributed by atoms with Gasteiger partial charge in [-0.1, -0.05) is 285 Å². The molecule has 524 valence electrons. The molecule has 0 spiro atoms. The normalized spacial score (nSPS) is 16.5. The Labute approximate surface area is 546 Å². The van der Waals surface area contributed by atoms with Crippen molar-refractivity contribution in [3.05, 3.63) is 0 Å². The van der Waals surface area contributed by atoms with Gasteiger partial charge < -0.3 is 29.9 Å². The highest BCUT2D eigenvalue weighted by Gasteiger charge is 2.29. The van der Waals surface area contributed by atoms with Gasteiger partial charge in [0.1, 0.15) is 13.2 Å². The van der Waals surface area contributed by atoms with Gasteiger partial charge in [-0.2, -0.15) is 0 Å². The first-order valence-electron chi connectivity index (χ1n) is 38.9. The molecule has 6 unspecified atom stereocenters. The van der Waals surface area contributed by atoms with Crippen LogP contribution in [0.4, 0.5) is 0 Å². The third-order valence-electron chi connectivity index (χ3n) is 19.2. The molecule has 1 aliphatic rings. The molecule has 12 nitrogen and oxygen atoms in total. The fourth-order valence-electron chi connectivity index (χ4n) is 13.3. The standard InChI is InChI=1S/C76H152N4O8/c1-7-11-15-19-23-27-31-35-39-43-51-71(81)65-77(66-72(82)52-44-40-36-32-28-24-20-16-12-8-2)57-49-47-55-75(85)87-61-59-79-63-70(6)80(64-69(79)5)60-62-88-76(86)56-48-50-58-78(67-73(83)53-45-41-37-33-29-25-21-17-13-9-3)68-74(84)54-46-42-38-34-30-26-22-18-14-10-4/h69-74,81-84H,7-68H2,1-6H3. The molecule has 1 fully saturated rings. The number of aliphatic hydroxyl groups excluding tert-OH is 4. The highest BCUT2D eigenvalue weighted by molar-refractivity contribution is 5.69. The largest absolute Gasteiger partial charge is 0.464 e. The van der Waals surface area contributed by atoms with Gasteiger partial charge in [-0.15, -0.1) is 0 Å². The van der Waals surface area contributed by atoms with Crippen LogP contribution in [0.5, 0.6) is 0 Å². The summed E-state index contributed by atoms with van der Waals surface area (Å²) < 4.78 is 11.6. The SMILES string of the molecule is CCCCCCCCCCCCC(O)CN(CCCCC(=O)OCCN1CC(C)N(CCOC(=O)CCCCN(CC(O)CCCCCCCCCCCC)CC(O)CCCCCCCCCCCC)CC1C)CC(O)CCCCCCCCCCCC. The molecule has 1 rings (SSSR count). The van der Waals surface area contributed by atoms with Gasteiger partial charge in [-0.3, -0.25) is 29.2 Å². The van der Waals surface area contributed by atoms with Gasteiger partial charge in [0.15, 0.2) is 0 Å². The molecule has 88 heavy (non-hydrogen) atoms. The number of carbonyl (C=O) groups is 2. The van der Waals surface area contributed by atoms with Crippen molar-refractivity contribution >= 4 is 11.9 Å². The summed E-state index contributed by atoms with van der Waals surface area (Å²) >= 11 is 0. The monoisotopic (exact) mass is 1250 g/mol. The zero-order chi connectivity index (χ0) is 64.2. The van der Waals surface area contributed by atoms with Crippen LogP contribution in [0.25, 0.3) is 0 Å². The molecule has 0 amide bonds. The summed E-state index contributed by atoms with van der Waals surface area (Å²) in [5.41, 5.74) is 0. The molecule has 6 atom stereocenters. The summed E-state index contributed by atoms with van der Waals surface area (Å²) in [6.07, 6.45) is 56.7. The topological polar surface area (TPSA) is 146 Å². The third kappa shape index (κ3) is 54.1. The molecule has 1 heterocycles. The Morgan fingerprint density at radius 2 is 0.557 bits per heavy atom. The predicted molar refractivity (Wildman–Crippen MR) is 374 cm³/mol. The van der Waals surface area contributed by atoms with Crippen LogP contribution in [0, 0.1) is 0 Å². The number of hydrogen-bond acceptors (Lipinski definition) is 12. The molecular weight excluding hydrogens is 1100 g/mol. The van der Waals surface area contributed by atoms with E-state index in [2.05, 4.69) is 61.1 Å². The van der Waals surface area contributed by atoms with E-state index in [1.165, 1.54) is 231 Å². The number of ether oxygens (including phenoxy) is 2. The molecule has 0 aromatic rings. The van der Waals surface area contributed by atoms with E-state index >= 15 is 0 Å². The lowest BCUT2D eigenvalue weighted by Gasteiger charge is -2.44. The summed E-state index contributed by atoms with van der Waals surface area (Å²) in [4.78, 5) is 35.2. The lowest BCUT2D eigenvalue weighted by molar-refractivity contribution is -0.146. The second kappa shape index (κ2) is 63.0. The Bertz CT molecular complexity index is 1310. The second-order valence-corrected chi connectivity index (χ2v) is 28.1. The Morgan fingerprint density at radius 3 is 0.784 bits per heavy atom. The average molecular weight is 1250 g/mol. The number of esters is 2. The number of unbranched alkanes of at least 4 members (excludes halogenated alkanes) is 38. The van der Waals surface area contributed by atoms with E-state index in [1.807, 2.05) is 0 Å². The molecule has 0 saturated carbocycles. The number of nitrogens with zero attached hydrogens (tertiary/aromatic N) is 4. The molecule has 0 aromatic carbocycles. The van der Waals surface area contributed by atoms with Crippen LogP contribution >= 0.6 is 0 Å². The summed E-state index contributed by atoms with van der Waals surface area (Å²) in [6, 6.07) is 0.560.